The fraction of sp³-hybridized carbons (Fsp3) is 0.115. The lowest BCUT2D eigenvalue weighted by Crippen LogP contribution is -2.18. The smallest absolute Gasteiger partial charge is 0.256 e. The lowest BCUT2D eigenvalue weighted by molar-refractivity contribution is 0.102. The van der Waals surface area contributed by atoms with Gasteiger partial charge >= 0.3 is 0 Å². The number of nitrogens with one attached hydrogen (secondary N) is 2. The summed E-state index contributed by atoms with van der Waals surface area (Å²) in [5.41, 5.74) is 3.89. The van der Waals surface area contributed by atoms with E-state index in [-0.39, 0.29) is 11.7 Å². The summed E-state index contributed by atoms with van der Waals surface area (Å²) < 4.78 is 14.9. The Morgan fingerprint density at radius 2 is 1.48 bits per heavy atom. The number of aryl methyl sites for hydroxylation is 1. The Bertz CT molecular complexity index is 1190. The van der Waals surface area contributed by atoms with Crippen LogP contribution in [0.4, 0.5) is 15.1 Å². The molecule has 4 rings (SSSR count). The number of anilines is 2. The van der Waals surface area contributed by atoms with Crippen molar-refractivity contribution in [1.29, 1.82) is 0 Å². The second-order valence-corrected chi connectivity index (χ2v) is 8.54. The number of hydrogen-bond acceptors (Lipinski definition) is 3. The summed E-state index contributed by atoms with van der Waals surface area (Å²) in [6, 6.07) is 25.1. The number of thiophene rings is 1. The van der Waals surface area contributed by atoms with Crippen LogP contribution in [0, 0.1) is 19.7 Å². The van der Waals surface area contributed by atoms with E-state index in [9.17, 15) is 9.18 Å². The molecule has 0 radical (unpaired) electrons. The van der Waals surface area contributed by atoms with Crippen molar-refractivity contribution in [3.8, 4) is 0 Å². The number of carbonyl (C=O) groups is 1. The molecule has 0 saturated carbocycles. The molecule has 0 aliphatic rings. The van der Waals surface area contributed by atoms with Gasteiger partial charge in [0.05, 0.1) is 6.04 Å². The molecule has 1 atom stereocenters. The molecule has 0 bridgehead atoms. The second-order valence-electron chi connectivity index (χ2n) is 7.31. The number of amides is 1. The van der Waals surface area contributed by atoms with Crippen molar-refractivity contribution in [1.82, 2.24) is 0 Å². The molecule has 1 aromatic heterocycles. The molecule has 2 N–H and O–H groups in total. The molecule has 0 aliphatic heterocycles. The molecule has 0 fully saturated rings. The Labute approximate surface area is 185 Å². The highest BCUT2D eigenvalue weighted by molar-refractivity contribution is 7.16. The van der Waals surface area contributed by atoms with E-state index in [4.69, 9.17) is 0 Å². The van der Waals surface area contributed by atoms with E-state index in [1.54, 1.807) is 24.3 Å². The lowest BCUT2D eigenvalue weighted by Gasteiger charge is -2.23. The average Bonchev–Trinajstić information content (AvgIpc) is 3.07. The summed E-state index contributed by atoms with van der Waals surface area (Å²) in [6.07, 6.45) is 0. The van der Waals surface area contributed by atoms with Gasteiger partial charge in [-0.15, -0.1) is 11.3 Å². The molecular formula is C26H23FN2OS. The Morgan fingerprint density at radius 1 is 0.871 bits per heavy atom. The lowest BCUT2D eigenvalue weighted by atomic mass is 9.95. The van der Waals surface area contributed by atoms with Crippen LogP contribution in [-0.4, -0.2) is 5.91 Å². The SMILES string of the molecule is Cc1sc(NC(=O)c2ccccc2)c([C@@H](Nc2ccccc2)c2ccccc2F)c1C. The summed E-state index contributed by atoms with van der Waals surface area (Å²) in [4.78, 5) is 14.0. The van der Waals surface area contributed by atoms with E-state index in [2.05, 4.69) is 10.6 Å². The van der Waals surface area contributed by atoms with Crippen LogP contribution < -0.4 is 10.6 Å². The number of benzene rings is 3. The summed E-state index contributed by atoms with van der Waals surface area (Å²) in [5.74, 6) is -0.477. The maximum Gasteiger partial charge on any atom is 0.256 e. The van der Waals surface area contributed by atoms with Gasteiger partial charge in [0, 0.05) is 27.3 Å². The summed E-state index contributed by atoms with van der Waals surface area (Å²) >= 11 is 1.51. The molecule has 1 heterocycles. The second kappa shape index (κ2) is 9.14. The normalized spacial score (nSPS) is 11.7. The van der Waals surface area contributed by atoms with Crippen LogP contribution in [-0.2, 0) is 0 Å². The Balaban J connectivity index is 1.79. The molecule has 4 aromatic rings. The van der Waals surface area contributed by atoms with Gasteiger partial charge in [-0.2, -0.15) is 0 Å². The van der Waals surface area contributed by atoms with Gasteiger partial charge in [-0.3, -0.25) is 4.79 Å². The summed E-state index contributed by atoms with van der Waals surface area (Å²) in [7, 11) is 0. The Hall–Kier alpha value is -3.44. The number of hydrogen-bond donors (Lipinski definition) is 2. The zero-order valence-corrected chi connectivity index (χ0v) is 18.2. The monoisotopic (exact) mass is 430 g/mol. The van der Waals surface area contributed by atoms with Crippen LogP contribution in [0.25, 0.3) is 0 Å². The molecule has 1 amide bonds. The minimum absolute atomic E-state index is 0.185. The van der Waals surface area contributed by atoms with Crippen molar-refractivity contribution in [3.05, 3.63) is 118 Å². The molecule has 5 heteroatoms. The van der Waals surface area contributed by atoms with Gasteiger partial charge in [0.2, 0.25) is 0 Å². The highest BCUT2D eigenvalue weighted by Gasteiger charge is 2.26. The molecule has 3 nitrogen and oxygen atoms in total. The molecule has 0 aliphatic carbocycles. The third-order valence-electron chi connectivity index (χ3n) is 5.28. The van der Waals surface area contributed by atoms with Gasteiger partial charge in [-0.25, -0.2) is 4.39 Å². The fourth-order valence-corrected chi connectivity index (χ4v) is 4.66. The van der Waals surface area contributed by atoms with Gasteiger partial charge in [-0.1, -0.05) is 54.6 Å². The van der Waals surface area contributed by atoms with E-state index in [1.807, 2.05) is 68.4 Å². The predicted molar refractivity (Wildman–Crippen MR) is 126 cm³/mol. The predicted octanol–water partition coefficient (Wildman–Crippen LogP) is 6.96. The van der Waals surface area contributed by atoms with Crippen molar-refractivity contribution in [2.24, 2.45) is 0 Å². The quantitative estimate of drug-likeness (QED) is 0.347. The zero-order valence-electron chi connectivity index (χ0n) is 17.4. The van der Waals surface area contributed by atoms with E-state index in [0.29, 0.717) is 11.1 Å². The van der Waals surface area contributed by atoms with E-state index in [0.717, 1.165) is 26.7 Å². The topological polar surface area (TPSA) is 41.1 Å². The molecule has 0 spiro atoms. The molecular weight excluding hydrogens is 407 g/mol. The first kappa shape index (κ1) is 20.8. The fourth-order valence-electron chi connectivity index (χ4n) is 3.57. The Morgan fingerprint density at radius 3 is 2.16 bits per heavy atom. The first-order valence-corrected chi connectivity index (χ1v) is 10.9. The molecule has 31 heavy (non-hydrogen) atoms. The van der Waals surface area contributed by atoms with Gasteiger partial charge in [0.15, 0.2) is 0 Å². The van der Waals surface area contributed by atoms with Crippen LogP contribution in [0.2, 0.25) is 0 Å². The maximum atomic E-state index is 14.9. The van der Waals surface area contributed by atoms with Gasteiger partial charge < -0.3 is 10.6 Å². The number of para-hydroxylation sites is 1. The first-order chi connectivity index (χ1) is 15.0. The zero-order chi connectivity index (χ0) is 21.8. The highest BCUT2D eigenvalue weighted by atomic mass is 32.1. The number of halogens is 1. The van der Waals surface area contributed by atoms with Crippen LogP contribution in [0.15, 0.2) is 84.9 Å². The van der Waals surface area contributed by atoms with Crippen molar-refractivity contribution < 1.29 is 9.18 Å². The minimum Gasteiger partial charge on any atom is -0.374 e. The van der Waals surface area contributed by atoms with Crippen LogP contribution in [0.1, 0.15) is 38.0 Å². The molecule has 156 valence electrons. The van der Waals surface area contributed by atoms with E-state index in [1.165, 1.54) is 17.4 Å². The highest BCUT2D eigenvalue weighted by Crippen LogP contribution is 2.41. The number of carbonyl (C=O) groups excluding carboxylic acids is 1. The molecule has 0 saturated heterocycles. The minimum atomic E-state index is -0.459. The van der Waals surface area contributed by atoms with Crippen LogP contribution in [0.3, 0.4) is 0 Å². The molecule has 0 unspecified atom stereocenters. The average molecular weight is 431 g/mol. The van der Waals surface area contributed by atoms with Crippen molar-refractivity contribution >= 4 is 27.9 Å². The number of rotatable bonds is 6. The van der Waals surface area contributed by atoms with Gasteiger partial charge in [0.1, 0.15) is 10.8 Å². The van der Waals surface area contributed by atoms with Gasteiger partial charge in [-0.05, 0) is 49.7 Å². The summed E-state index contributed by atoms with van der Waals surface area (Å²) in [5, 5.41) is 7.26. The third-order valence-corrected chi connectivity index (χ3v) is 6.42. The van der Waals surface area contributed by atoms with E-state index < -0.39 is 6.04 Å². The van der Waals surface area contributed by atoms with Gasteiger partial charge in [0.25, 0.3) is 5.91 Å². The van der Waals surface area contributed by atoms with Crippen LogP contribution >= 0.6 is 11.3 Å². The summed E-state index contributed by atoms with van der Waals surface area (Å²) in [6.45, 7) is 4.03. The first-order valence-electron chi connectivity index (χ1n) is 10.1. The third kappa shape index (κ3) is 4.52. The Kier molecular flexibility index (Phi) is 6.14. The van der Waals surface area contributed by atoms with Crippen molar-refractivity contribution in [2.45, 2.75) is 19.9 Å². The maximum absolute atomic E-state index is 14.9. The largest absolute Gasteiger partial charge is 0.374 e. The molecule has 3 aromatic carbocycles. The standard InChI is InChI=1S/C26H23FN2OS/c1-17-18(2)31-26(29-25(30)19-11-5-3-6-12-19)23(17)24(21-15-9-10-16-22(21)27)28-20-13-7-4-8-14-20/h3-16,24,28H,1-2H3,(H,29,30)/t24-/m0/s1. The van der Waals surface area contributed by atoms with Crippen molar-refractivity contribution in [2.75, 3.05) is 10.6 Å². The van der Waals surface area contributed by atoms with Crippen LogP contribution in [0.5, 0.6) is 0 Å². The van der Waals surface area contributed by atoms with Crippen molar-refractivity contribution in [3.63, 3.8) is 0 Å². The van der Waals surface area contributed by atoms with E-state index >= 15 is 0 Å².